The van der Waals surface area contributed by atoms with Gasteiger partial charge in [-0.05, 0) is 15.9 Å². The third-order valence-electron chi connectivity index (χ3n) is 0.855. The molecule has 0 aliphatic rings. The Morgan fingerprint density at radius 3 is 2.56 bits per heavy atom. The van der Waals surface area contributed by atoms with Gasteiger partial charge < -0.3 is 0 Å². The molecular formula is C4H3BrF2N2. The van der Waals surface area contributed by atoms with Gasteiger partial charge in [-0.25, -0.2) is 8.78 Å². The molecule has 9 heavy (non-hydrogen) atoms. The van der Waals surface area contributed by atoms with Crippen LogP contribution in [-0.2, 0) is 0 Å². The maximum Gasteiger partial charge on any atom is 0.267 e. The summed E-state index contributed by atoms with van der Waals surface area (Å²) >= 11 is 2.87. The van der Waals surface area contributed by atoms with Crippen LogP contribution in [-0.4, -0.2) is 10.2 Å². The van der Waals surface area contributed by atoms with Crippen LogP contribution in [0.2, 0.25) is 0 Å². The second-order valence-electron chi connectivity index (χ2n) is 1.44. The Kier molecular flexibility index (Phi) is 1.80. The quantitative estimate of drug-likeness (QED) is 0.733. The Morgan fingerprint density at radius 2 is 2.33 bits per heavy atom. The second-order valence-corrected chi connectivity index (χ2v) is 2.23. The third kappa shape index (κ3) is 1.27. The average Bonchev–Trinajstić information content (AvgIpc) is 2.13. The van der Waals surface area contributed by atoms with E-state index in [2.05, 4.69) is 26.1 Å². The molecule has 0 aliphatic heterocycles. The molecule has 0 bridgehead atoms. The lowest BCUT2D eigenvalue weighted by atomic mass is 10.4. The average molecular weight is 197 g/mol. The van der Waals surface area contributed by atoms with Crippen LogP contribution in [0.5, 0.6) is 0 Å². The van der Waals surface area contributed by atoms with Crippen molar-refractivity contribution < 1.29 is 8.78 Å². The van der Waals surface area contributed by atoms with Gasteiger partial charge in [0.1, 0.15) is 4.60 Å². The van der Waals surface area contributed by atoms with E-state index in [0.29, 0.717) is 0 Å². The molecular weight excluding hydrogens is 194 g/mol. The van der Waals surface area contributed by atoms with Crippen molar-refractivity contribution >= 4 is 15.9 Å². The molecule has 0 aliphatic carbocycles. The van der Waals surface area contributed by atoms with Gasteiger partial charge in [0.2, 0.25) is 0 Å². The van der Waals surface area contributed by atoms with E-state index in [9.17, 15) is 8.78 Å². The lowest BCUT2D eigenvalue weighted by Crippen LogP contribution is -1.79. The maximum absolute atomic E-state index is 11.8. The minimum atomic E-state index is -2.46. The fourth-order valence-electron chi connectivity index (χ4n) is 0.432. The van der Waals surface area contributed by atoms with Crippen molar-refractivity contribution in [2.75, 3.05) is 0 Å². The Hall–Kier alpha value is -0.450. The highest BCUT2D eigenvalue weighted by Crippen LogP contribution is 2.24. The molecule has 2 nitrogen and oxygen atoms in total. The molecule has 0 saturated heterocycles. The zero-order valence-corrected chi connectivity index (χ0v) is 5.82. The lowest BCUT2D eigenvalue weighted by Gasteiger charge is -1.90. The summed E-state index contributed by atoms with van der Waals surface area (Å²) in [5.74, 6) is 0. The van der Waals surface area contributed by atoms with Gasteiger partial charge in [-0.15, -0.1) is 0 Å². The van der Waals surface area contributed by atoms with Crippen molar-refractivity contribution in [3.63, 3.8) is 0 Å². The summed E-state index contributed by atoms with van der Waals surface area (Å²) in [6.07, 6.45) is -1.37. The number of hydrogen-bond acceptors (Lipinski definition) is 1. The summed E-state index contributed by atoms with van der Waals surface area (Å²) in [7, 11) is 0. The number of rotatable bonds is 1. The Balaban J connectivity index is 2.94. The highest BCUT2D eigenvalue weighted by molar-refractivity contribution is 9.10. The van der Waals surface area contributed by atoms with E-state index in [4.69, 9.17) is 0 Å². The van der Waals surface area contributed by atoms with Gasteiger partial charge in [-0.2, -0.15) is 5.10 Å². The predicted octanol–water partition coefficient (Wildman–Crippen LogP) is 2.11. The van der Waals surface area contributed by atoms with Gasteiger partial charge in [-0.3, -0.25) is 5.10 Å². The number of nitrogens with one attached hydrogen (secondary N) is 1. The maximum atomic E-state index is 11.8. The molecule has 0 radical (unpaired) electrons. The van der Waals surface area contributed by atoms with E-state index in [1.165, 1.54) is 0 Å². The van der Waals surface area contributed by atoms with E-state index in [1.54, 1.807) is 0 Å². The summed E-state index contributed by atoms with van der Waals surface area (Å²) in [5.41, 5.74) is -0.102. The molecule has 0 fully saturated rings. The number of H-pyrrole nitrogens is 1. The molecule has 0 saturated carbocycles. The lowest BCUT2D eigenvalue weighted by molar-refractivity contribution is 0.150. The first-order chi connectivity index (χ1) is 4.22. The first-order valence-electron chi connectivity index (χ1n) is 2.18. The van der Waals surface area contributed by atoms with Gasteiger partial charge in [0, 0.05) is 0 Å². The van der Waals surface area contributed by atoms with Gasteiger partial charge >= 0.3 is 0 Å². The zero-order chi connectivity index (χ0) is 6.85. The molecule has 0 atom stereocenters. The largest absolute Gasteiger partial charge is 0.271 e. The van der Waals surface area contributed by atoms with Gasteiger partial charge in [0.25, 0.3) is 6.43 Å². The summed E-state index contributed by atoms with van der Waals surface area (Å²) < 4.78 is 23.8. The molecule has 1 aromatic heterocycles. The summed E-state index contributed by atoms with van der Waals surface area (Å²) in [4.78, 5) is 0. The van der Waals surface area contributed by atoms with E-state index in [0.717, 1.165) is 6.20 Å². The van der Waals surface area contributed by atoms with Crippen LogP contribution < -0.4 is 0 Å². The number of halogens is 3. The van der Waals surface area contributed by atoms with Crippen LogP contribution in [0.3, 0.4) is 0 Å². The first kappa shape index (κ1) is 6.67. The Bertz CT molecular complexity index is 198. The van der Waals surface area contributed by atoms with E-state index < -0.39 is 6.43 Å². The Morgan fingerprint density at radius 1 is 1.67 bits per heavy atom. The number of aromatic nitrogens is 2. The van der Waals surface area contributed by atoms with Crippen LogP contribution in [0.25, 0.3) is 0 Å². The summed E-state index contributed by atoms with van der Waals surface area (Å²) in [6.45, 7) is 0. The number of hydrogen-bond donors (Lipinski definition) is 1. The van der Waals surface area contributed by atoms with Gasteiger partial charge in [0.15, 0.2) is 0 Å². The van der Waals surface area contributed by atoms with Crippen LogP contribution in [0.4, 0.5) is 8.78 Å². The topological polar surface area (TPSA) is 28.7 Å². The van der Waals surface area contributed by atoms with Crippen LogP contribution >= 0.6 is 15.9 Å². The number of nitrogens with zero attached hydrogens (tertiary/aromatic N) is 1. The molecule has 1 rings (SSSR count). The third-order valence-corrected chi connectivity index (χ3v) is 1.49. The smallest absolute Gasteiger partial charge is 0.267 e. The van der Waals surface area contributed by atoms with Gasteiger partial charge in [-0.1, -0.05) is 0 Å². The molecule has 1 heterocycles. The van der Waals surface area contributed by atoms with E-state index in [-0.39, 0.29) is 10.2 Å². The molecule has 0 spiro atoms. The standard InChI is InChI=1S/C4H3BrF2N2/c5-3-2(4(6)7)1-8-9-3/h1,4H,(H,8,9). The van der Waals surface area contributed by atoms with Crippen LogP contribution in [0.1, 0.15) is 12.0 Å². The van der Waals surface area contributed by atoms with E-state index in [1.807, 2.05) is 0 Å². The van der Waals surface area contributed by atoms with Crippen molar-refractivity contribution in [2.24, 2.45) is 0 Å². The Labute approximate surface area is 58.4 Å². The molecule has 50 valence electrons. The summed E-state index contributed by atoms with van der Waals surface area (Å²) in [6, 6.07) is 0. The fourth-order valence-corrected chi connectivity index (χ4v) is 0.810. The first-order valence-corrected chi connectivity index (χ1v) is 2.98. The summed E-state index contributed by atoms with van der Waals surface area (Å²) in [5, 5.41) is 5.73. The second kappa shape index (κ2) is 2.43. The molecule has 0 amide bonds. The minimum Gasteiger partial charge on any atom is -0.271 e. The SMILES string of the molecule is FC(F)c1cn[nH]c1Br. The van der Waals surface area contributed by atoms with Crippen molar-refractivity contribution in [2.45, 2.75) is 6.43 Å². The van der Waals surface area contributed by atoms with Crippen molar-refractivity contribution in [1.82, 2.24) is 10.2 Å². The zero-order valence-electron chi connectivity index (χ0n) is 4.24. The molecule has 0 unspecified atom stereocenters. The van der Waals surface area contributed by atoms with Gasteiger partial charge in [0.05, 0.1) is 11.8 Å². The highest BCUT2D eigenvalue weighted by Gasteiger charge is 2.11. The van der Waals surface area contributed by atoms with E-state index >= 15 is 0 Å². The fraction of sp³-hybridized carbons (Fsp3) is 0.250. The monoisotopic (exact) mass is 196 g/mol. The predicted molar refractivity (Wildman–Crippen MR) is 31.2 cm³/mol. The number of aromatic amines is 1. The molecule has 5 heteroatoms. The van der Waals surface area contributed by atoms with Crippen molar-refractivity contribution in [3.8, 4) is 0 Å². The van der Waals surface area contributed by atoms with Crippen LogP contribution in [0, 0.1) is 0 Å². The van der Waals surface area contributed by atoms with Crippen LogP contribution in [0.15, 0.2) is 10.8 Å². The molecule has 0 aromatic carbocycles. The van der Waals surface area contributed by atoms with Crippen molar-refractivity contribution in [1.29, 1.82) is 0 Å². The highest BCUT2D eigenvalue weighted by atomic mass is 79.9. The van der Waals surface area contributed by atoms with Crippen molar-refractivity contribution in [3.05, 3.63) is 16.4 Å². The molecule has 1 N–H and O–H groups in total. The number of alkyl halides is 2. The molecule has 1 aromatic rings. The normalized spacial score (nSPS) is 10.7. The minimum absolute atomic E-state index is 0.102.